The number of amides is 1. The quantitative estimate of drug-likeness (QED) is 0.574. The fourth-order valence-corrected chi connectivity index (χ4v) is 3.87. The summed E-state index contributed by atoms with van der Waals surface area (Å²) in [7, 11) is -2.39. The van der Waals surface area contributed by atoms with Crippen molar-refractivity contribution in [1.29, 1.82) is 0 Å². The second-order valence-corrected chi connectivity index (χ2v) is 8.72. The Morgan fingerprint density at radius 2 is 1.90 bits per heavy atom. The molecule has 0 unspecified atom stereocenters. The molecule has 1 amide bonds. The molecule has 0 atom stereocenters. The number of methoxy groups -OCH3 is 1. The molecule has 0 fully saturated rings. The highest BCUT2D eigenvalue weighted by molar-refractivity contribution is 7.89. The number of carbonyl (C=O) groups is 1. The molecule has 0 saturated heterocycles. The number of hydrogen-bond donors (Lipinski definition) is 2. The first-order valence-corrected chi connectivity index (χ1v) is 10.8. The number of rotatable bonds is 8. The Balaban J connectivity index is 1.76. The average molecular weight is 429 g/mol. The summed E-state index contributed by atoms with van der Waals surface area (Å²) >= 11 is 0. The van der Waals surface area contributed by atoms with Crippen molar-refractivity contribution in [3.05, 3.63) is 72.3 Å². The second kappa shape index (κ2) is 9.10. The topological polar surface area (TPSA) is 102 Å². The Morgan fingerprint density at radius 3 is 2.50 bits per heavy atom. The van der Waals surface area contributed by atoms with Crippen LogP contribution in [-0.4, -0.2) is 37.0 Å². The van der Waals surface area contributed by atoms with Gasteiger partial charge >= 0.3 is 0 Å². The van der Waals surface area contributed by atoms with E-state index in [0.29, 0.717) is 5.75 Å². The molecule has 2 N–H and O–H groups in total. The third-order valence-corrected chi connectivity index (χ3v) is 5.75. The monoisotopic (exact) mass is 428 g/mol. The molecule has 0 radical (unpaired) electrons. The SMILES string of the molecule is COc1ccc(S(=O)(=O)NCc2ccc(-n3ccnc3)cc2)cc1C(=O)NC(C)C. The molecule has 1 heterocycles. The van der Waals surface area contributed by atoms with E-state index in [1.807, 2.05) is 48.9 Å². The molecular weight excluding hydrogens is 404 g/mol. The van der Waals surface area contributed by atoms with Crippen molar-refractivity contribution in [3.63, 3.8) is 0 Å². The smallest absolute Gasteiger partial charge is 0.255 e. The maximum atomic E-state index is 12.8. The fourth-order valence-electron chi connectivity index (χ4n) is 2.83. The Morgan fingerprint density at radius 1 is 1.17 bits per heavy atom. The second-order valence-electron chi connectivity index (χ2n) is 6.95. The van der Waals surface area contributed by atoms with Crippen molar-refractivity contribution in [2.75, 3.05) is 7.11 Å². The molecule has 0 aliphatic heterocycles. The number of carbonyl (C=O) groups excluding carboxylic acids is 1. The largest absolute Gasteiger partial charge is 0.496 e. The van der Waals surface area contributed by atoms with Gasteiger partial charge in [0.05, 0.1) is 23.9 Å². The van der Waals surface area contributed by atoms with E-state index in [1.165, 1.54) is 25.3 Å². The van der Waals surface area contributed by atoms with Gasteiger partial charge in [0.1, 0.15) is 5.75 Å². The summed E-state index contributed by atoms with van der Waals surface area (Å²) in [6.45, 7) is 3.77. The van der Waals surface area contributed by atoms with Gasteiger partial charge in [0, 0.05) is 30.7 Å². The maximum Gasteiger partial charge on any atom is 0.255 e. The van der Waals surface area contributed by atoms with E-state index >= 15 is 0 Å². The van der Waals surface area contributed by atoms with Crippen LogP contribution < -0.4 is 14.8 Å². The summed E-state index contributed by atoms with van der Waals surface area (Å²) in [4.78, 5) is 16.4. The molecular formula is C21H24N4O4S. The van der Waals surface area contributed by atoms with E-state index in [1.54, 1.807) is 12.5 Å². The average Bonchev–Trinajstić information content (AvgIpc) is 3.26. The molecule has 0 bridgehead atoms. The highest BCUT2D eigenvalue weighted by Crippen LogP contribution is 2.23. The van der Waals surface area contributed by atoms with E-state index < -0.39 is 15.9 Å². The molecule has 158 valence electrons. The number of ether oxygens (including phenoxy) is 1. The van der Waals surface area contributed by atoms with Crippen molar-refractivity contribution in [3.8, 4) is 11.4 Å². The summed E-state index contributed by atoms with van der Waals surface area (Å²) in [5.41, 5.74) is 1.89. The highest BCUT2D eigenvalue weighted by Gasteiger charge is 2.20. The zero-order chi connectivity index (χ0) is 21.7. The van der Waals surface area contributed by atoms with Crippen LogP contribution in [0.5, 0.6) is 5.75 Å². The lowest BCUT2D eigenvalue weighted by atomic mass is 10.2. The van der Waals surface area contributed by atoms with Crippen LogP contribution in [0.25, 0.3) is 5.69 Å². The van der Waals surface area contributed by atoms with Crippen LogP contribution in [0.3, 0.4) is 0 Å². The Bertz CT molecular complexity index is 1110. The Kier molecular flexibility index (Phi) is 6.53. The fraction of sp³-hybridized carbons (Fsp3) is 0.238. The van der Waals surface area contributed by atoms with Gasteiger partial charge in [-0.2, -0.15) is 0 Å². The predicted molar refractivity (Wildman–Crippen MR) is 113 cm³/mol. The number of imidazole rings is 1. The molecule has 0 aliphatic rings. The number of nitrogens with zero attached hydrogens (tertiary/aromatic N) is 2. The normalized spacial score (nSPS) is 11.5. The summed E-state index contributed by atoms with van der Waals surface area (Å²) in [5.74, 6) is -0.0869. The number of aromatic nitrogens is 2. The van der Waals surface area contributed by atoms with E-state index in [4.69, 9.17) is 4.74 Å². The van der Waals surface area contributed by atoms with Gasteiger partial charge in [0.2, 0.25) is 10.0 Å². The van der Waals surface area contributed by atoms with E-state index in [2.05, 4.69) is 15.0 Å². The van der Waals surface area contributed by atoms with Gasteiger partial charge in [-0.1, -0.05) is 12.1 Å². The lowest BCUT2D eigenvalue weighted by molar-refractivity contribution is 0.0940. The van der Waals surface area contributed by atoms with E-state index in [0.717, 1.165) is 11.3 Å². The van der Waals surface area contributed by atoms with Crippen molar-refractivity contribution >= 4 is 15.9 Å². The van der Waals surface area contributed by atoms with Crippen molar-refractivity contribution in [2.24, 2.45) is 0 Å². The van der Waals surface area contributed by atoms with Crippen LogP contribution in [0, 0.1) is 0 Å². The standard InChI is InChI=1S/C21H24N4O4S/c1-15(2)24-21(26)19-12-18(8-9-20(19)29-3)30(27,28)23-13-16-4-6-17(7-5-16)25-11-10-22-14-25/h4-12,14-15,23H,13H2,1-3H3,(H,24,26). The first-order chi connectivity index (χ1) is 14.3. The van der Waals surface area contributed by atoms with Gasteiger partial charge in [-0.3, -0.25) is 4.79 Å². The van der Waals surface area contributed by atoms with Crippen LogP contribution in [0.15, 0.2) is 66.1 Å². The van der Waals surface area contributed by atoms with E-state index in [9.17, 15) is 13.2 Å². The molecule has 0 saturated carbocycles. The number of hydrogen-bond acceptors (Lipinski definition) is 5. The van der Waals surface area contributed by atoms with Gasteiger partial charge in [0.25, 0.3) is 5.91 Å². The zero-order valence-corrected chi connectivity index (χ0v) is 17.8. The van der Waals surface area contributed by atoms with Gasteiger partial charge < -0.3 is 14.6 Å². The molecule has 3 rings (SSSR count). The molecule has 2 aromatic carbocycles. The molecule has 3 aromatic rings. The first kappa shape index (κ1) is 21.5. The number of benzene rings is 2. The molecule has 0 aliphatic carbocycles. The highest BCUT2D eigenvalue weighted by atomic mass is 32.2. The zero-order valence-electron chi connectivity index (χ0n) is 17.0. The molecule has 30 heavy (non-hydrogen) atoms. The van der Waals surface area contributed by atoms with Crippen LogP contribution >= 0.6 is 0 Å². The predicted octanol–water partition coefficient (Wildman–Crippen LogP) is 2.50. The summed E-state index contributed by atoms with van der Waals surface area (Å²) in [6.07, 6.45) is 5.20. The number of sulfonamides is 1. The maximum absolute atomic E-state index is 12.8. The van der Waals surface area contributed by atoms with Gasteiger partial charge in [-0.15, -0.1) is 0 Å². The van der Waals surface area contributed by atoms with Gasteiger partial charge in [-0.25, -0.2) is 18.1 Å². The van der Waals surface area contributed by atoms with Crippen molar-refractivity contribution < 1.29 is 17.9 Å². The lowest BCUT2D eigenvalue weighted by Crippen LogP contribution is -2.31. The Labute approximate surface area is 176 Å². The molecule has 8 nitrogen and oxygen atoms in total. The van der Waals surface area contributed by atoms with Crippen LogP contribution in [-0.2, 0) is 16.6 Å². The van der Waals surface area contributed by atoms with Gasteiger partial charge in [0.15, 0.2) is 0 Å². The van der Waals surface area contributed by atoms with E-state index in [-0.39, 0.29) is 23.0 Å². The minimum absolute atomic E-state index is 0.00718. The van der Waals surface area contributed by atoms with Gasteiger partial charge in [-0.05, 0) is 49.7 Å². The van der Waals surface area contributed by atoms with Crippen LogP contribution in [0.1, 0.15) is 29.8 Å². The van der Waals surface area contributed by atoms with Crippen molar-refractivity contribution in [1.82, 2.24) is 19.6 Å². The van der Waals surface area contributed by atoms with Crippen molar-refractivity contribution in [2.45, 2.75) is 31.3 Å². The van der Waals surface area contributed by atoms with Crippen LogP contribution in [0.4, 0.5) is 0 Å². The summed E-state index contributed by atoms with van der Waals surface area (Å²) in [6, 6.07) is 11.6. The first-order valence-electron chi connectivity index (χ1n) is 9.36. The minimum Gasteiger partial charge on any atom is -0.496 e. The third-order valence-electron chi connectivity index (χ3n) is 4.35. The number of nitrogens with one attached hydrogen (secondary N) is 2. The molecule has 9 heteroatoms. The summed E-state index contributed by atoms with van der Waals surface area (Å²) in [5, 5.41) is 2.75. The lowest BCUT2D eigenvalue weighted by Gasteiger charge is -2.14. The summed E-state index contributed by atoms with van der Waals surface area (Å²) < 4.78 is 35.2. The minimum atomic E-state index is -3.82. The molecule has 1 aromatic heterocycles. The Hall–Kier alpha value is -3.17. The third kappa shape index (κ3) is 5.05. The molecule has 0 spiro atoms. The van der Waals surface area contributed by atoms with Crippen LogP contribution in [0.2, 0.25) is 0 Å².